The Kier molecular flexibility index (Phi) is 4.94. The van der Waals surface area contributed by atoms with Gasteiger partial charge in [-0.05, 0) is 20.8 Å². The molecule has 0 aliphatic heterocycles. The Morgan fingerprint density at radius 3 is 2.12 bits per heavy atom. The molecule has 0 saturated carbocycles. The van der Waals surface area contributed by atoms with E-state index in [2.05, 4.69) is 4.74 Å². The highest BCUT2D eigenvalue weighted by Gasteiger charge is 2.30. The summed E-state index contributed by atoms with van der Waals surface area (Å²) in [4.78, 5) is 34.2. The maximum atomic E-state index is 11.5. The Labute approximate surface area is 94.5 Å². The molecule has 0 aliphatic carbocycles. The normalized spacial score (nSPS) is 12.6. The number of rotatable bonds is 3. The van der Waals surface area contributed by atoms with Crippen molar-refractivity contribution in [2.75, 3.05) is 14.2 Å². The Bertz CT molecular complexity index is 281. The van der Waals surface area contributed by atoms with Crippen molar-refractivity contribution in [2.24, 2.45) is 0 Å². The predicted octanol–water partition coefficient (Wildman–Crippen LogP) is 0.594. The molecule has 1 atom stereocenters. The SMILES string of the molecule is COC(=O)C(C=O)N(C)C(=O)OC(C)(C)C. The number of amides is 1. The topological polar surface area (TPSA) is 72.9 Å². The standard InChI is InChI=1S/C10H17NO5/c1-10(2,3)16-9(14)11(4)7(6-12)8(13)15-5/h6-7H,1-5H3. The number of carbonyl (C=O) groups is 3. The Morgan fingerprint density at radius 2 is 1.81 bits per heavy atom. The molecule has 0 fully saturated rings. The molecule has 0 heterocycles. The number of hydrogen-bond donors (Lipinski definition) is 0. The molecule has 0 N–H and O–H groups in total. The lowest BCUT2D eigenvalue weighted by atomic mass is 10.2. The molecular weight excluding hydrogens is 214 g/mol. The zero-order valence-electron chi connectivity index (χ0n) is 10.1. The average Bonchev–Trinajstić information content (AvgIpc) is 2.15. The van der Waals surface area contributed by atoms with Crippen molar-refractivity contribution in [2.45, 2.75) is 32.4 Å². The molecule has 0 aromatic carbocycles. The largest absolute Gasteiger partial charge is 0.467 e. The number of hydrogen-bond acceptors (Lipinski definition) is 5. The molecule has 92 valence electrons. The average molecular weight is 231 g/mol. The quantitative estimate of drug-likeness (QED) is 0.404. The van der Waals surface area contributed by atoms with Crippen LogP contribution in [0.3, 0.4) is 0 Å². The molecule has 0 bridgehead atoms. The third-order valence-corrected chi connectivity index (χ3v) is 1.67. The molecule has 0 aromatic rings. The van der Waals surface area contributed by atoms with Gasteiger partial charge in [0.05, 0.1) is 7.11 Å². The van der Waals surface area contributed by atoms with Gasteiger partial charge in [0, 0.05) is 7.05 Å². The van der Waals surface area contributed by atoms with Crippen molar-refractivity contribution in [1.29, 1.82) is 0 Å². The molecule has 0 rings (SSSR count). The van der Waals surface area contributed by atoms with Gasteiger partial charge < -0.3 is 14.3 Å². The Morgan fingerprint density at radius 1 is 1.31 bits per heavy atom. The van der Waals surface area contributed by atoms with Crippen LogP contribution in [0.2, 0.25) is 0 Å². The van der Waals surface area contributed by atoms with Crippen molar-refractivity contribution in [3.8, 4) is 0 Å². The molecule has 0 saturated heterocycles. The van der Waals surface area contributed by atoms with Crippen molar-refractivity contribution < 1.29 is 23.9 Å². The van der Waals surface area contributed by atoms with Crippen LogP contribution in [0.15, 0.2) is 0 Å². The Hall–Kier alpha value is -1.59. The van der Waals surface area contributed by atoms with Crippen LogP contribution >= 0.6 is 0 Å². The second-order valence-electron chi connectivity index (χ2n) is 4.20. The maximum absolute atomic E-state index is 11.5. The molecular formula is C10H17NO5. The summed E-state index contributed by atoms with van der Waals surface area (Å²) in [5.41, 5.74) is -0.686. The van der Waals surface area contributed by atoms with Crippen LogP contribution in [0, 0.1) is 0 Å². The molecule has 0 aromatic heterocycles. The minimum absolute atomic E-state index is 0.329. The van der Waals surface area contributed by atoms with E-state index in [1.165, 1.54) is 7.05 Å². The number of nitrogens with zero attached hydrogens (tertiary/aromatic N) is 1. The molecule has 0 radical (unpaired) electrons. The van der Waals surface area contributed by atoms with E-state index in [4.69, 9.17) is 4.74 Å². The summed E-state index contributed by atoms with van der Waals surface area (Å²) in [6.07, 6.45) is -0.426. The van der Waals surface area contributed by atoms with Crippen LogP contribution in [-0.2, 0) is 19.1 Å². The molecule has 1 unspecified atom stereocenters. The second-order valence-corrected chi connectivity index (χ2v) is 4.20. The molecule has 0 spiro atoms. The zero-order valence-corrected chi connectivity index (χ0v) is 10.1. The highest BCUT2D eigenvalue weighted by Crippen LogP contribution is 2.10. The summed E-state index contributed by atoms with van der Waals surface area (Å²) in [6.45, 7) is 5.06. The number of ether oxygens (including phenoxy) is 2. The first-order chi connectivity index (χ1) is 7.22. The molecule has 6 nitrogen and oxygen atoms in total. The summed E-state index contributed by atoms with van der Waals surface area (Å²) in [5, 5.41) is 0. The fourth-order valence-corrected chi connectivity index (χ4v) is 0.873. The second kappa shape index (κ2) is 5.48. The van der Waals surface area contributed by atoms with E-state index in [1.807, 2.05) is 0 Å². The summed E-state index contributed by atoms with van der Waals surface area (Å²) in [5.74, 6) is -0.802. The van der Waals surface area contributed by atoms with Gasteiger partial charge in [0.1, 0.15) is 5.60 Å². The summed E-state index contributed by atoms with van der Waals surface area (Å²) in [7, 11) is 2.44. The van der Waals surface area contributed by atoms with Crippen LogP contribution in [0.25, 0.3) is 0 Å². The van der Waals surface area contributed by atoms with E-state index < -0.39 is 23.7 Å². The third kappa shape index (κ3) is 4.29. The van der Waals surface area contributed by atoms with Crippen LogP contribution in [0.1, 0.15) is 20.8 Å². The summed E-state index contributed by atoms with van der Waals surface area (Å²) >= 11 is 0. The van der Waals surface area contributed by atoms with E-state index in [0.717, 1.165) is 12.0 Å². The smallest absolute Gasteiger partial charge is 0.411 e. The van der Waals surface area contributed by atoms with Crippen molar-refractivity contribution in [3.05, 3.63) is 0 Å². The predicted molar refractivity (Wildman–Crippen MR) is 55.9 cm³/mol. The Balaban J connectivity index is 4.63. The lowest BCUT2D eigenvalue weighted by Crippen LogP contribution is -2.46. The van der Waals surface area contributed by atoms with Crippen LogP contribution in [0.4, 0.5) is 4.79 Å². The molecule has 16 heavy (non-hydrogen) atoms. The van der Waals surface area contributed by atoms with Gasteiger partial charge in [0.15, 0.2) is 12.3 Å². The number of carbonyl (C=O) groups excluding carboxylic acids is 3. The van der Waals surface area contributed by atoms with Crippen LogP contribution < -0.4 is 0 Å². The van der Waals surface area contributed by atoms with Gasteiger partial charge in [-0.2, -0.15) is 0 Å². The first-order valence-corrected chi connectivity index (χ1v) is 4.72. The van der Waals surface area contributed by atoms with E-state index in [9.17, 15) is 14.4 Å². The zero-order chi connectivity index (χ0) is 12.9. The highest BCUT2D eigenvalue weighted by atomic mass is 16.6. The lowest BCUT2D eigenvalue weighted by molar-refractivity contribution is -0.147. The number of methoxy groups -OCH3 is 1. The van der Waals surface area contributed by atoms with Gasteiger partial charge in [-0.15, -0.1) is 0 Å². The lowest BCUT2D eigenvalue weighted by Gasteiger charge is -2.26. The van der Waals surface area contributed by atoms with Gasteiger partial charge in [-0.25, -0.2) is 9.59 Å². The van der Waals surface area contributed by atoms with E-state index in [0.29, 0.717) is 6.29 Å². The van der Waals surface area contributed by atoms with Crippen LogP contribution in [-0.4, -0.2) is 49.0 Å². The molecule has 1 amide bonds. The van der Waals surface area contributed by atoms with E-state index in [-0.39, 0.29) is 0 Å². The molecule has 6 heteroatoms. The first kappa shape index (κ1) is 14.4. The maximum Gasteiger partial charge on any atom is 0.411 e. The highest BCUT2D eigenvalue weighted by molar-refractivity contribution is 5.95. The number of esters is 1. The minimum atomic E-state index is -1.28. The minimum Gasteiger partial charge on any atom is -0.467 e. The first-order valence-electron chi connectivity index (χ1n) is 4.72. The van der Waals surface area contributed by atoms with E-state index in [1.54, 1.807) is 20.8 Å². The van der Waals surface area contributed by atoms with Crippen molar-refractivity contribution >= 4 is 18.3 Å². The van der Waals surface area contributed by atoms with E-state index >= 15 is 0 Å². The van der Waals surface area contributed by atoms with Crippen molar-refractivity contribution in [1.82, 2.24) is 4.90 Å². The number of likely N-dealkylation sites (N-methyl/N-ethyl adjacent to an activating group) is 1. The van der Waals surface area contributed by atoms with Gasteiger partial charge >= 0.3 is 12.1 Å². The third-order valence-electron chi connectivity index (χ3n) is 1.67. The van der Waals surface area contributed by atoms with Gasteiger partial charge in [-0.3, -0.25) is 4.90 Å². The fourth-order valence-electron chi connectivity index (χ4n) is 0.873. The van der Waals surface area contributed by atoms with Crippen molar-refractivity contribution in [3.63, 3.8) is 0 Å². The van der Waals surface area contributed by atoms with Gasteiger partial charge in [0.2, 0.25) is 0 Å². The number of aldehydes is 1. The fraction of sp³-hybridized carbons (Fsp3) is 0.700. The summed E-state index contributed by atoms with van der Waals surface area (Å²) in [6, 6.07) is -1.28. The van der Waals surface area contributed by atoms with Gasteiger partial charge in [0.25, 0.3) is 0 Å². The van der Waals surface area contributed by atoms with Crippen LogP contribution in [0.5, 0.6) is 0 Å². The summed E-state index contributed by atoms with van der Waals surface area (Å²) < 4.78 is 9.38. The monoisotopic (exact) mass is 231 g/mol. The van der Waals surface area contributed by atoms with Gasteiger partial charge in [-0.1, -0.05) is 0 Å². The molecule has 0 aliphatic rings.